The van der Waals surface area contributed by atoms with Gasteiger partial charge in [-0.05, 0) is 18.2 Å². The molecule has 2 aromatic rings. The van der Waals surface area contributed by atoms with Gasteiger partial charge in [-0.15, -0.1) is 11.3 Å². The molecule has 9 heteroatoms. The number of benzene rings is 1. The van der Waals surface area contributed by atoms with Crippen molar-refractivity contribution in [2.45, 2.75) is 0 Å². The number of nitro benzene ring substituents is 1. The molecule has 1 heterocycles. The fraction of sp³-hybridized carbons (Fsp3) is 0.0833. The van der Waals surface area contributed by atoms with Gasteiger partial charge < -0.3 is 4.74 Å². The number of carbonyl (C=O) groups excluding carboxylic acids is 1. The summed E-state index contributed by atoms with van der Waals surface area (Å²) >= 11 is 12.6. The quantitative estimate of drug-likeness (QED) is 0.456. The molecule has 0 aliphatic rings. The summed E-state index contributed by atoms with van der Waals surface area (Å²) in [5.74, 6) is -1.46. The van der Waals surface area contributed by atoms with Crippen LogP contribution in [0.4, 0.5) is 10.1 Å². The lowest BCUT2D eigenvalue weighted by Crippen LogP contribution is -2.12. The van der Waals surface area contributed by atoms with Crippen molar-refractivity contribution >= 4 is 46.0 Å². The Hall–Kier alpha value is -1.70. The third-order valence-corrected chi connectivity index (χ3v) is 3.92. The summed E-state index contributed by atoms with van der Waals surface area (Å²) in [5, 5.41) is 10.8. The van der Waals surface area contributed by atoms with Gasteiger partial charge in [0.1, 0.15) is 10.2 Å². The van der Waals surface area contributed by atoms with Crippen molar-refractivity contribution < 1.29 is 18.8 Å². The van der Waals surface area contributed by atoms with Crippen LogP contribution < -0.4 is 4.74 Å². The smallest absolute Gasteiger partial charge is 0.313 e. The molecule has 0 radical (unpaired) electrons. The monoisotopic (exact) mass is 349 g/mol. The lowest BCUT2D eigenvalue weighted by atomic mass is 10.2. The summed E-state index contributed by atoms with van der Waals surface area (Å²) in [7, 11) is 0. The zero-order valence-electron chi connectivity index (χ0n) is 10.1. The Labute approximate surface area is 132 Å². The van der Waals surface area contributed by atoms with Crippen LogP contribution in [0.25, 0.3) is 0 Å². The molecule has 0 saturated heterocycles. The molecule has 21 heavy (non-hydrogen) atoms. The average Bonchev–Trinajstić information content (AvgIpc) is 2.75. The molecule has 1 aromatic heterocycles. The number of halogens is 3. The highest BCUT2D eigenvalue weighted by Gasteiger charge is 2.19. The van der Waals surface area contributed by atoms with E-state index in [4.69, 9.17) is 27.9 Å². The predicted molar refractivity (Wildman–Crippen MR) is 77.2 cm³/mol. The Kier molecular flexibility index (Phi) is 4.76. The van der Waals surface area contributed by atoms with Crippen LogP contribution in [0.3, 0.4) is 0 Å². The molecule has 5 nitrogen and oxygen atoms in total. The molecule has 0 amide bonds. The molecule has 2 rings (SSSR count). The summed E-state index contributed by atoms with van der Waals surface area (Å²) in [4.78, 5) is 21.9. The first kappa shape index (κ1) is 15.7. The van der Waals surface area contributed by atoms with Crippen molar-refractivity contribution in [3.8, 4) is 5.75 Å². The molecule has 0 fully saturated rings. The number of ether oxygens (including phenoxy) is 1. The van der Waals surface area contributed by atoms with E-state index >= 15 is 0 Å². The molecule has 110 valence electrons. The largest absolute Gasteiger partial charge is 0.478 e. The number of carbonyl (C=O) groups is 1. The number of Topliss-reactive ketones (excluding diaryl/α,β-unsaturated/α-hetero) is 1. The summed E-state index contributed by atoms with van der Waals surface area (Å²) in [6.07, 6.45) is 0. The van der Waals surface area contributed by atoms with Crippen LogP contribution in [0.2, 0.25) is 8.67 Å². The second-order valence-electron chi connectivity index (χ2n) is 3.82. The van der Waals surface area contributed by atoms with Gasteiger partial charge in [-0.25, -0.2) is 4.39 Å². The van der Waals surface area contributed by atoms with Gasteiger partial charge in [-0.1, -0.05) is 23.2 Å². The minimum absolute atomic E-state index is 0.177. The maximum absolute atomic E-state index is 13.0. The maximum atomic E-state index is 13.0. The topological polar surface area (TPSA) is 69.4 Å². The second kappa shape index (κ2) is 6.38. The van der Waals surface area contributed by atoms with Crippen LogP contribution in [-0.4, -0.2) is 17.3 Å². The zero-order valence-corrected chi connectivity index (χ0v) is 12.5. The van der Waals surface area contributed by atoms with E-state index in [1.54, 1.807) is 0 Å². The third-order valence-electron chi connectivity index (χ3n) is 2.43. The van der Waals surface area contributed by atoms with Gasteiger partial charge in [-0.2, -0.15) is 0 Å². The van der Waals surface area contributed by atoms with E-state index in [9.17, 15) is 19.3 Å². The van der Waals surface area contributed by atoms with Gasteiger partial charge in [-0.3, -0.25) is 14.9 Å². The Morgan fingerprint density at radius 1 is 1.38 bits per heavy atom. The lowest BCUT2D eigenvalue weighted by molar-refractivity contribution is -0.386. The van der Waals surface area contributed by atoms with Gasteiger partial charge in [0.05, 0.1) is 20.9 Å². The van der Waals surface area contributed by atoms with E-state index in [1.165, 1.54) is 6.07 Å². The van der Waals surface area contributed by atoms with Gasteiger partial charge in [0, 0.05) is 0 Å². The predicted octanol–water partition coefficient (Wildman–Crippen LogP) is 4.36. The van der Waals surface area contributed by atoms with Crippen molar-refractivity contribution in [2.24, 2.45) is 0 Å². The third kappa shape index (κ3) is 3.69. The summed E-state index contributed by atoms with van der Waals surface area (Å²) < 4.78 is 18.6. The van der Waals surface area contributed by atoms with Crippen molar-refractivity contribution in [3.63, 3.8) is 0 Å². The van der Waals surface area contributed by atoms with E-state index in [2.05, 4.69) is 0 Å². The Morgan fingerprint density at radius 3 is 2.67 bits per heavy atom. The molecule has 0 unspecified atom stereocenters. The first-order chi connectivity index (χ1) is 9.88. The van der Waals surface area contributed by atoms with Crippen molar-refractivity contribution in [3.05, 3.63) is 54.4 Å². The highest BCUT2D eigenvalue weighted by Crippen LogP contribution is 2.32. The summed E-state index contributed by atoms with van der Waals surface area (Å²) in [5.41, 5.74) is -0.381. The first-order valence-corrected chi connectivity index (χ1v) is 7.00. The summed E-state index contributed by atoms with van der Waals surface area (Å²) in [6, 6.07) is 4.19. The first-order valence-electron chi connectivity index (χ1n) is 5.43. The highest BCUT2D eigenvalue weighted by atomic mass is 35.5. The molecule has 0 saturated carbocycles. The van der Waals surface area contributed by atoms with Gasteiger partial charge in [0.25, 0.3) is 0 Å². The number of rotatable bonds is 5. The molecule has 0 spiro atoms. The van der Waals surface area contributed by atoms with Crippen LogP contribution in [0.5, 0.6) is 5.75 Å². The minimum Gasteiger partial charge on any atom is -0.478 e. The number of hydrogen-bond donors (Lipinski definition) is 0. The number of nitrogens with zero attached hydrogens (tertiary/aromatic N) is 1. The van der Waals surface area contributed by atoms with E-state index < -0.39 is 28.8 Å². The van der Waals surface area contributed by atoms with E-state index in [-0.39, 0.29) is 15.6 Å². The number of ketones is 1. The molecule has 0 atom stereocenters. The van der Waals surface area contributed by atoms with Crippen molar-refractivity contribution in [2.75, 3.05) is 6.61 Å². The van der Waals surface area contributed by atoms with Gasteiger partial charge >= 0.3 is 5.69 Å². The van der Waals surface area contributed by atoms with Crippen LogP contribution in [-0.2, 0) is 0 Å². The second-order valence-corrected chi connectivity index (χ2v) is 6.10. The molecular formula is C12H6Cl2FNO4S. The fourth-order valence-electron chi connectivity index (χ4n) is 1.51. The standard InChI is InChI=1S/C12H6Cl2FNO4S/c13-11-4-7(12(14)21-11)9(17)5-20-10-2-1-6(15)3-8(10)16(18)19/h1-4H,5H2. The lowest BCUT2D eigenvalue weighted by Gasteiger charge is -2.05. The summed E-state index contributed by atoms with van der Waals surface area (Å²) in [6.45, 7) is -0.473. The van der Waals surface area contributed by atoms with Crippen molar-refractivity contribution in [1.29, 1.82) is 0 Å². The number of hydrogen-bond acceptors (Lipinski definition) is 5. The maximum Gasteiger partial charge on any atom is 0.313 e. The van der Waals surface area contributed by atoms with E-state index in [0.717, 1.165) is 23.5 Å². The Morgan fingerprint density at radius 2 is 2.10 bits per heavy atom. The highest BCUT2D eigenvalue weighted by molar-refractivity contribution is 7.20. The number of nitro groups is 1. The Balaban J connectivity index is 2.15. The Bertz CT molecular complexity index is 719. The molecule has 0 bridgehead atoms. The molecule has 0 aliphatic heterocycles. The average molecular weight is 350 g/mol. The van der Waals surface area contributed by atoms with Crippen LogP contribution >= 0.6 is 34.5 Å². The van der Waals surface area contributed by atoms with E-state index in [0.29, 0.717) is 10.4 Å². The van der Waals surface area contributed by atoms with Crippen LogP contribution in [0, 0.1) is 15.9 Å². The number of thiophene rings is 1. The fourth-order valence-corrected chi connectivity index (χ4v) is 3.01. The SMILES string of the molecule is O=C(COc1ccc(F)cc1[N+](=O)[O-])c1cc(Cl)sc1Cl. The van der Waals surface area contributed by atoms with Gasteiger partial charge in [0.2, 0.25) is 5.78 Å². The minimum atomic E-state index is -0.794. The van der Waals surface area contributed by atoms with Crippen LogP contribution in [0.1, 0.15) is 10.4 Å². The van der Waals surface area contributed by atoms with Crippen LogP contribution in [0.15, 0.2) is 24.3 Å². The van der Waals surface area contributed by atoms with Gasteiger partial charge in [0.15, 0.2) is 12.4 Å². The molecule has 0 aliphatic carbocycles. The normalized spacial score (nSPS) is 10.4. The zero-order chi connectivity index (χ0) is 15.6. The molecule has 0 N–H and O–H groups in total. The van der Waals surface area contributed by atoms with E-state index in [1.807, 2.05) is 0 Å². The molecule has 1 aromatic carbocycles. The van der Waals surface area contributed by atoms with Crippen molar-refractivity contribution in [1.82, 2.24) is 0 Å². The molecular weight excluding hydrogens is 344 g/mol.